The molecule has 2 fully saturated rings. The van der Waals surface area contributed by atoms with Crippen molar-refractivity contribution in [1.82, 2.24) is 9.80 Å². The van der Waals surface area contributed by atoms with Crippen molar-refractivity contribution < 1.29 is 22.8 Å². The van der Waals surface area contributed by atoms with Crippen molar-refractivity contribution in [2.24, 2.45) is 5.14 Å². The maximum Gasteiger partial charge on any atom is 0.257 e. The molecule has 0 bridgehead atoms. The molecule has 2 N–H and O–H groups in total. The Hall–Kier alpha value is -3.86. The molecule has 3 aromatic carbocycles. The summed E-state index contributed by atoms with van der Waals surface area (Å²) in [7, 11) is -3.92. The number of piperidine rings is 1. The SMILES string of the molecule is Cc1ccc(C(=O)N(C2CCN(Cc3ccccc3)CC2)C2CC(=O)N(c3ccc(S(N)(=O)=O)cc3)C2=O)cc1. The average Bonchev–Trinajstić information content (AvgIpc) is 3.23. The number of hydrogen-bond acceptors (Lipinski definition) is 6. The molecule has 1 unspecified atom stereocenters. The third kappa shape index (κ3) is 5.84. The second-order valence-corrected chi connectivity index (χ2v) is 12.0. The zero-order chi connectivity index (χ0) is 28.4. The van der Waals surface area contributed by atoms with Gasteiger partial charge in [0.2, 0.25) is 15.9 Å². The highest BCUT2D eigenvalue weighted by Crippen LogP contribution is 2.31. The molecule has 5 rings (SSSR count). The van der Waals surface area contributed by atoms with Gasteiger partial charge in [0.25, 0.3) is 11.8 Å². The van der Waals surface area contributed by atoms with Crippen molar-refractivity contribution >= 4 is 33.4 Å². The minimum Gasteiger partial charge on any atom is -0.323 e. The molecular weight excluding hydrogens is 528 g/mol. The van der Waals surface area contributed by atoms with Crippen LogP contribution in [0.5, 0.6) is 0 Å². The number of imide groups is 1. The number of nitrogens with zero attached hydrogens (tertiary/aromatic N) is 3. The summed E-state index contributed by atoms with van der Waals surface area (Å²) in [6, 6.07) is 21.5. The highest BCUT2D eigenvalue weighted by molar-refractivity contribution is 7.89. The smallest absolute Gasteiger partial charge is 0.257 e. The molecule has 2 aliphatic rings. The quantitative estimate of drug-likeness (QED) is 0.444. The van der Waals surface area contributed by atoms with Gasteiger partial charge in [-0.25, -0.2) is 18.5 Å². The third-order valence-electron chi connectivity index (χ3n) is 7.61. The number of nitrogens with two attached hydrogens (primary N) is 1. The molecule has 0 aliphatic carbocycles. The molecule has 3 aromatic rings. The first kappa shape index (κ1) is 27.7. The van der Waals surface area contributed by atoms with Crippen LogP contribution in [0.25, 0.3) is 0 Å². The summed E-state index contributed by atoms with van der Waals surface area (Å²) in [6.45, 7) is 4.25. The van der Waals surface area contributed by atoms with Gasteiger partial charge in [-0.1, -0.05) is 48.0 Å². The van der Waals surface area contributed by atoms with E-state index in [0.29, 0.717) is 18.4 Å². The molecule has 3 amide bonds. The lowest BCUT2D eigenvalue weighted by Crippen LogP contribution is -2.54. The minimum atomic E-state index is -3.92. The summed E-state index contributed by atoms with van der Waals surface area (Å²) < 4.78 is 23.3. The van der Waals surface area contributed by atoms with Gasteiger partial charge in [0.1, 0.15) is 6.04 Å². The van der Waals surface area contributed by atoms with Crippen molar-refractivity contribution in [3.63, 3.8) is 0 Å². The molecule has 0 saturated carbocycles. The molecule has 2 heterocycles. The van der Waals surface area contributed by atoms with E-state index < -0.39 is 27.9 Å². The topological polar surface area (TPSA) is 121 Å². The van der Waals surface area contributed by atoms with Gasteiger partial charge in [-0.3, -0.25) is 19.3 Å². The van der Waals surface area contributed by atoms with Gasteiger partial charge in [0, 0.05) is 31.2 Å². The van der Waals surface area contributed by atoms with Crippen molar-refractivity contribution in [2.45, 2.75) is 49.7 Å². The number of likely N-dealkylation sites (tertiary alicyclic amines) is 1. The summed E-state index contributed by atoms with van der Waals surface area (Å²) >= 11 is 0. The van der Waals surface area contributed by atoms with Crippen molar-refractivity contribution in [2.75, 3.05) is 18.0 Å². The number of sulfonamides is 1. The van der Waals surface area contributed by atoms with Gasteiger partial charge >= 0.3 is 0 Å². The van der Waals surface area contributed by atoms with Crippen LogP contribution in [0.3, 0.4) is 0 Å². The first-order valence-corrected chi connectivity index (χ1v) is 14.8. The lowest BCUT2D eigenvalue weighted by Gasteiger charge is -2.40. The van der Waals surface area contributed by atoms with Crippen LogP contribution in [0.1, 0.15) is 40.7 Å². The van der Waals surface area contributed by atoms with Crippen LogP contribution in [-0.4, -0.2) is 61.1 Å². The normalized spacial score (nSPS) is 18.8. The Morgan fingerprint density at radius 2 is 1.55 bits per heavy atom. The van der Waals surface area contributed by atoms with Crippen LogP contribution in [0, 0.1) is 6.92 Å². The van der Waals surface area contributed by atoms with E-state index in [4.69, 9.17) is 5.14 Å². The Morgan fingerprint density at radius 1 is 0.925 bits per heavy atom. The summed E-state index contributed by atoms with van der Waals surface area (Å²) in [5, 5.41) is 5.19. The maximum atomic E-state index is 13.9. The van der Waals surface area contributed by atoms with Crippen LogP contribution in [0.2, 0.25) is 0 Å². The number of primary sulfonamides is 1. The predicted molar refractivity (Wildman–Crippen MR) is 151 cm³/mol. The van der Waals surface area contributed by atoms with Gasteiger partial charge < -0.3 is 4.90 Å². The third-order valence-corrected chi connectivity index (χ3v) is 8.54. The van der Waals surface area contributed by atoms with E-state index in [1.807, 2.05) is 37.3 Å². The first-order valence-electron chi connectivity index (χ1n) is 13.3. The fourth-order valence-corrected chi connectivity index (χ4v) is 6.01. The number of rotatable bonds is 7. The fourth-order valence-electron chi connectivity index (χ4n) is 5.49. The number of aryl methyl sites for hydroxylation is 1. The molecular formula is C30H32N4O5S. The molecule has 1 atom stereocenters. The molecule has 9 nitrogen and oxygen atoms in total. The van der Waals surface area contributed by atoms with Crippen molar-refractivity contribution in [3.8, 4) is 0 Å². The number of carbonyl (C=O) groups excluding carboxylic acids is 3. The summed E-state index contributed by atoms with van der Waals surface area (Å²) in [6.07, 6.45) is 1.20. The van der Waals surface area contributed by atoms with Crippen LogP contribution in [0.15, 0.2) is 83.8 Å². The Labute approximate surface area is 234 Å². The highest BCUT2D eigenvalue weighted by Gasteiger charge is 2.47. The van der Waals surface area contributed by atoms with Crippen molar-refractivity contribution in [3.05, 3.63) is 95.6 Å². The molecule has 2 saturated heterocycles. The van der Waals surface area contributed by atoms with E-state index >= 15 is 0 Å². The van der Waals surface area contributed by atoms with Gasteiger partial charge in [0.05, 0.1) is 17.0 Å². The molecule has 208 valence electrons. The van der Waals surface area contributed by atoms with E-state index in [9.17, 15) is 22.8 Å². The average molecular weight is 561 g/mol. The predicted octanol–water partition coefficient (Wildman–Crippen LogP) is 3.08. The number of anilines is 1. The van der Waals surface area contributed by atoms with E-state index in [0.717, 1.165) is 30.1 Å². The van der Waals surface area contributed by atoms with E-state index in [2.05, 4.69) is 17.0 Å². The van der Waals surface area contributed by atoms with E-state index in [-0.39, 0.29) is 29.0 Å². The number of hydrogen-bond donors (Lipinski definition) is 1. The molecule has 0 aromatic heterocycles. The number of benzene rings is 3. The van der Waals surface area contributed by atoms with Crippen LogP contribution >= 0.6 is 0 Å². The van der Waals surface area contributed by atoms with Gasteiger partial charge in [0.15, 0.2) is 0 Å². The molecule has 40 heavy (non-hydrogen) atoms. The van der Waals surface area contributed by atoms with Crippen LogP contribution in [0.4, 0.5) is 5.69 Å². The largest absolute Gasteiger partial charge is 0.323 e. The molecule has 0 spiro atoms. The fraction of sp³-hybridized carbons (Fsp3) is 0.300. The number of amides is 3. The minimum absolute atomic E-state index is 0.120. The maximum absolute atomic E-state index is 13.9. The lowest BCUT2D eigenvalue weighted by atomic mass is 9.98. The Balaban J connectivity index is 1.39. The standard InChI is InChI=1S/C30H32N4O5S/c1-21-7-9-23(10-8-21)29(36)33(25-15-17-32(18-16-25)20-22-5-3-2-4-6-22)27-19-28(35)34(30(27)37)24-11-13-26(14-12-24)40(31,38)39/h2-14,25,27H,15-20H2,1H3,(H2,31,38,39). The van der Waals surface area contributed by atoms with E-state index in [1.54, 1.807) is 17.0 Å². The molecule has 2 aliphatic heterocycles. The van der Waals surface area contributed by atoms with Crippen molar-refractivity contribution in [1.29, 1.82) is 0 Å². The molecule has 0 radical (unpaired) electrons. The summed E-state index contributed by atoms with van der Waals surface area (Å²) in [4.78, 5) is 45.7. The Kier molecular flexibility index (Phi) is 7.84. The monoisotopic (exact) mass is 560 g/mol. The zero-order valence-corrected chi connectivity index (χ0v) is 23.1. The van der Waals surface area contributed by atoms with Gasteiger partial charge in [-0.2, -0.15) is 0 Å². The summed E-state index contributed by atoms with van der Waals surface area (Å²) in [5.74, 6) is -1.22. The van der Waals surface area contributed by atoms with Gasteiger partial charge in [-0.05, 0) is 61.7 Å². The van der Waals surface area contributed by atoms with E-state index in [1.165, 1.54) is 29.8 Å². The first-order chi connectivity index (χ1) is 19.1. The second kappa shape index (κ2) is 11.3. The summed E-state index contributed by atoms with van der Waals surface area (Å²) in [5.41, 5.74) is 2.94. The molecule has 10 heteroatoms. The zero-order valence-electron chi connectivity index (χ0n) is 22.3. The van der Waals surface area contributed by atoms with Crippen LogP contribution in [-0.2, 0) is 26.2 Å². The second-order valence-electron chi connectivity index (χ2n) is 10.4. The Morgan fingerprint density at radius 3 is 2.15 bits per heavy atom. The highest BCUT2D eigenvalue weighted by atomic mass is 32.2. The van der Waals surface area contributed by atoms with Crippen LogP contribution < -0.4 is 10.0 Å². The Bertz CT molecular complexity index is 1500. The van der Waals surface area contributed by atoms with Gasteiger partial charge in [-0.15, -0.1) is 0 Å². The number of carbonyl (C=O) groups is 3. The lowest BCUT2D eigenvalue weighted by molar-refractivity contribution is -0.123.